The molecule has 180 valence electrons. The molecule has 0 unspecified atom stereocenters. The standard InChI is InChI=1S/C24H30ClF2N3O2S/c25-18-5-1-17(2-6-18)13-23(31)28-19-7-3-16(4-8-19)9-11-30-12-10-21-20(14-30)29-24(33-21)32-15-22(26)27/h1-2,5-6,16,19,22H,3-4,7-15H2,(H,28,31)/t16-,19-. The van der Waals surface area contributed by atoms with E-state index in [1.54, 1.807) is 0 Å². The molecule has 1 N–H and O–H groups in total. The van der Waals surface area contributed by atoms with Crippen molar-refractivity contribution in [2.75, 3.05) is 19.7 Å². The lowest BCUT2D eigenvalue weighted by atomic mass is 9.84. The summed E-state index contributed by atoms with van der Waals surface area (Å²) in [6.45, 7) is 2.16. The van der Waals surface area contributed by atoms with Crippen molar-refractivity contribution in [2.45, 2.75) is 64.0 Å². The molecule has 5 nitrogen and oxygen atoms in total. The maximum atomic E-state index is 12.4. The number of nitrogens with zero attached hydrogens (tertiary/aromatic N) is 2. The van der Waals surface area contributed by atoms with E-state index in [9.17, 15) is 13.6 Å². The van der Waals surface area contributed by atoms with Crippen molar-refractivity contribution in [3.63, 3.8) is 0 Å². The number of hydrogen-bond donors (Lipinski definition) is 1. The van der Waals surface area contributed by atoms with Gasteiger partial charge in [0.25, 0.3) is 11.6 Å². The predicted molar refractivity (Wildman–Crippen MR) is 126 cm³/mol. The molecule has 1 amide bonds. The topological polar surface area (TPSA) is 54.5 Å². The molecule has 0 atom stereocenters. The largest absolute Gasteiger partial charge is 0.464 e. The van der Waals surface area contributed by atoms with E-state index in [-0.39, 0.29) is 11.9 Å². The fraction of sp³-hybridized carbons (Fsp3) is 0.583. The zero-order valence-electron chi connectivity index (χ0n) is 18.6. The molecule has 1 saturated carbocycles. The van der Waals surface area contributed by atoms with Crippen LogP contribution in [-0.4, -0.2) is 48.0 Å². The van der Waals surface area contributed by atoms with Gasteiger partial charge in [0.15, 0.2) is 6.61 Å². The van der Waals surface area contributed by atoms with E-state index in [1.807, 2.05) is 24.3 Å². The van der Waals surface area contributed by atoms with Crippen LogP contribution in [0.4, 0.5) is 8.78 Å². The average Bonchev–Trinajstić information content (AvgIpc) is 3.21. The number of halogens is 3. The Kier molecular flexibility index (Phi) is 8.55. The summed E-state index contributed by atoms with van der Waals surface area (Å²) in [4.78, 5) is 20.3. The molecular weight excluding hydrogens is 468 g/mol. The van der Waals surface area contributed by atoms with Gasteiger partial charge in [-0.1, -0.05) is 35.1 Å². The van der Waals surface area contributed by atoms with Crippen LogP contribution < -0.4 is 10.1 Å². The van der Waals surface area contributed by atoms with Crippen LogP contribution in [0.5, 0.6) is 5.19 Å². The van der Waals surface area contributed by atoms with Gasteiger partial charge < -0.3 is 10.1 Å². The third-order valence-electron chi connectivity index (χ3n) is 6.46. The predicted octanol–water partition coefficient (Wildman–Crippen LogP) is 5.11. The van der Waals surface area contributed by atoms with E-state index < -0.39 is 13.0 Å². The van der Waals surface area contributed by atoms with E-state index >= 15 is 0 Å². The van der Waals surface area contributed by atoms with Crippen molar-refractivity contribution in [2.24, 2.45) is 5.92 Å². The van der Waals surface area contributed by atoms with Crippen LogP contribution in [0.3, 0.4) is 0 Å². The van der Waals surface area contributed by atoms with Crippen molar-refractivity contribution >= 4 is 28.8 Å². The molecule has 4 rings (SSSR count). The molecule has 2 aromatic rings. The first-order valence-electron chi connectivity index (χ1n) is 11.6. The molecule has 0 bridgehead atoms. The van der Waals surface area contributed by atoms with Gasteiger partial charge in [-0.15, -0.1) is 0 Å². The highest BCUT2D eigenvalue weighted by Gasteiger charge is 2.25. The minimum Gasteiger partial charge on any atom is -0.464 e. The molecule has 9 heteroatoms. The third-order valence-corrected chi connectivity index (χ3v) is 7.79. The Hall–Kier alpha value is -1.77. The van der Waals surface area contributed by atoms with Gasteiger partial charge in [0.1, 0.15) is 0 Å². The number of carbonyl (C=O) groups excluding carboxylic acids is 1. The van der Waals surface area contributed by atoms with Gasteiger partial charge in [0.2, 0.25) is 5.91 Å². The number of thiazole rings is 1. The molecule has 2 heterocycles. The highest BCUT2D eigenvalue weighted by Crippen LogP contribution is 2.31. The van der Waals surface area contributed by atoms with Crippen molar-refractivity contribution in [1.82, 2.24) is 15.2 Å². The average molecular weight is 498 g/mol. The SMILES string of the molecule is O=C(Cc1ccc(Cl)cc1)N[C@H]1CC[C@H](CCN2CCc3sc(OCC(F)F)nc3C2)CC1. The lowest BCUT2D eigenvalue weighted by Crippen LogP contribution is -2.39. The number of aromatic nitrogens is 1. The van der Waals surface area contributed by atoms with E-state index in [0.717, 1.165) is 74.3 Å². The summed E-state index contributed by atoms with van der Waals surface area (Å²) in [6, 6.07) is 7.68. The highest BCUT2D eigenvalue weighted by atomic mass is 35.5. The van der Waals surface area contributed by atoms with Crippen LogP contribution in [0.2, 0.25) is 5.02 Å². The molecule has 1 aromatic carbocycles. The molecule has 0 radical (unpaired) electrons. The van der Waals surface area contributed by atoms with Gasteiger partial charge in [-0.3, -0.25) is 9.69 Å². The Morgan fingerprint density at radius 1 is 1.24 bits per heavy atom. The summed E-state index contributed by atoms with van der Waals surface area (Å²) < 4.78 is 29.8. The first kappa shape index (κ1) is 24.4. The van der Waals surface area contributed by atoms with Crippen LogP contribution in [0.25, 0.3) is 0 Å². The number of alkyl halides is 2. The van der Waals surface area contributed by atoms with Crippen LogP contribution >= 0.6 is 22.9 Å². The molecule has 2 aliphatic rings. The summed E-state index contributed by atoms with van der Waals surface area (Å²) in [5.41, 5.74) is 1.95. The molecule has 1 aliphatic carbocycles. The van der Waals surface area contributed by atoms with E-state index in [2.05, 4.69) is 15.2 Å². The van der Waals surface area contributed by atoms with E-state index in [4.69, 9.17) is 16.3 Å². The first-order chi connectivity index (χ1) is 15.9. The second kappa shape index (κ2) is 11.6. The van der Waals surface area contributed by atoms with Gasteiger partial charge in [-0.05, 0) is 68.7 Å². The van der Waals surface area contributed by atoms with Gasteiger partial charge in [0.05, 0.1) is 12.1 Å². The minimum absolute atomic E-state index is 0.0741. The summed E-state index contributed by atoms with van der Waals surface area (Å²) in [5, 5.41) is 4.23. The number of amides is 1. The zero-order valence-corrected chi connectivity index (χ0v) is 20.1. The third kappa shape index (κ3) is 7.36. The number of benzene rings is 1. The Balaban J connectivity index is 1.14. The molecular formula is C24H30ClF2N3O2S. The number of hydrogen-bond acceptors (Lipinski definition) is 5. The van der Waals surface area contributed by atoms with Gasteiger partial charge >= 0.3 is 0 Å². The van der Waals surface area contributed by atoms with Crippen LogP contribution in [0.1, 0.15) is 48.2 Å². The van der Waals surface area contributed by atoms with E-state index in [0.29, 0.717) is 22.6 Å². The van der Waals surface area contributed by atoms with Crippen LogP contribution in [0, 0.1) is 5.92 Å². The second-order valence-corrected chi connectivity index (χ2v) is 10.4. The Bertz CT molecular complexity index is 917. The van der Waals surface area contributed by atoms with Crippen molar-refractivity contribution < 1.29 is 18.3 Å². The summed E-state index contributed by atoms with van der Waals surface area (Å²) >= 11 is 7.30. The van der Waals surface area contributed by atoms with E-state index in [1.165, 1.54) is 11.3 Å². The van der Waals surface area contributed by atoms with Crippen molar-refractivity contribution in [3.8, 4) is 5.19 Å². The lowest BCUT2D eigenvalue weighted by molar-refractivity contribution is -0.121. The van der Waals surface area contributed by atoms with Crippen molar-refractivity contribution in [1.29, 1.82) is 0 Å². The molecule has 0 spiro atoms. The lowest BCUT2D eigenvalue weighted by Gasteiger charge is -2.32. The number of rotatable bonds is 9. The van der Waals surface area contributed by atoms with Crippen LogP contribution in [0.15, 0.2) is 24.3 Å². The minimum atomic E-state index is -2.48. The fourth-order valence-corrected chi connectivity index (χ4v) is 5.68. The Labute approximate surface area is 202 Å². The van der Waals surface area contributed by atoms with Gasteiger partial charge in [-0.25, -0.2) is 13.8 Å². The Morgan fingerprint density at radius 3 is 2.73 bits per heavy atom. The maximum absolute atomic E-state index is 12.4. The fourth-order valence-electron chi connectivity index (χ4n) is 4.64. The maximum Gasteiger partial charge on any atom is 0.273 e. The molecule has 1 fully saturated rings. The summed E-state index contributed by atoms with van der Waals surface area (Å²) in [5.74, 6) is 0.751. The summed E-state index contributed by atoms with van der Waals surface area (Å²) in [6.07, 6.45) is 4.27. The monoisotopic (exact) mass is 497 g/mol. The number of ether oxygens (including phenoxy) is 1. The Morgan fingerprint density at radius 2 is 2.00 bits per heavy atom. The molecule has 33 heavy (non-hydrogen) atoms. The number of nitrogens with one attached hydrogen (secondary N) is 1. The molecule has 1 aliphatic heterocycles. The first-order valence-corrected chi connectivity index (χ1v) is 12.8. The van der Waals surface area contributed by atoms with Crippen molar-refractivity contribution in [3.05, 3.63) is 45.4 Å². The molecule has 1 aromatic heterocycles. The normalized spacial score (nSPS) is 21.1. The van der Waals surface area contributed by atoms with Gasteiger partial charge in [0, 0.05) is 29.0 Å². The van der Waals surface area contributed by atoms with Crippen LogP contribution in [-0.2, 0) is 24.2 Å². The smallest absolute Gasteiger partial charge is 0.273 e. The quantitative estimate of drug-likeness (QED) is 0.523. The molecule has 0 saturated heterocycles. The second-order valence-electron chi connectivity index (χ2n) is 8.95. The number of fused-ring (bicyclic) bond motifs is 1. The zero-order chi connectivity index (χ0) is 23.2. The van der Waals surface area contributed by atoms with Gasteiger partial charge in [-0.2, -0.15) is 0 Å². The highest BCUT2D eigenvalue weighted by molar-refractivity contribution is 7.13. The summed E-state index contributed by atoms with van der Waals surface area (Å²) in [7, 11) is 0. The number of carbonyl (C=O) groups is 1.